The molecule has 188 valence electrons. The van der Waals surface area contributed by atoms with Crippen molar-refractivity contribution in [1.29, 1.82) is 0 Å². The minimum Gasteiger partial charge on any atom is -0.504 e. The number of ether oxygens (including phenoxy) is 1. The van der Waals surface area contributed by atoms with E-state index in [1.54, 1.807) is 17.0 Å². The summed E-state index contributed by atoms with van der Waals surface area (Å²) in [5.41, 5.74) is 2.70. The minimum atomic E-state index is -1.00. The number of hydrogen-bond donors (Lipinski definition) is 2. The first-order chi connectivity index (χ1) is 17.3. The largest absolute Gasteiger partial charge is 0.504 e. The lowest BCUT2D eigenvalue weighted by atomic mass is 9.56. The van der Waals surface area contributed by atoms with Crippen molar-refractivity contribution in [3.8, 4) is 11.5 Å². The van der Waals surface area contributed by atoms with Crippen LogP contribution in [-0.4, -0.2) is 69.8 Å². The van der Waals surface area contributed by atoms with E-state index < -0.39 is 11.0 Å². The van der Waals surface area contributed by atoms with Gasteiger partial charge < -0.3 is 19.8 Å². The zero-order valence-electron chi connectivity index (χ0n) is 21.0. The van der Waals surface area contributed by atoms with Crippen LogP contribution in [0, 0.1) is 12.8 Å². The molecular weight excluding hydrogens is 452 g/mol. The van der Waals surface area contributed by atoms with Gasteiger partial charge in [-0.25, -0.2) is 0 Å². The highest BCUT2D eigenvalue weighted by molar-refractivity contribution is 5.92. The third kappa shape index (κ3) is 2.94. The maximum absolute atomic E-state index is 13.4. The van der Waals surface area contributed by atoms with Gasteiger partial charge in [-0.15, -0.1) is 0 Å². The van der Waals surface area contributed by atoms with Gasteiger partial charge in [-0.1, -0.05) is 35.9 Å². The van der Waals surface area contributed by atoms with E-state index in [1.165, 1.54) is 18.4 Å². The molecule has 3 fully saturated rings. The van der Waals surface area contributed by atoms with Crippen LogP contribution in [0.15, 0.2) is 42.5 Å². The molecule has 6 heteroatoms. The van der Waals surface area contributed by atoms with E-state index in [1.807, 2.05) is 50.4 Å². The Morgan fingerprint density at radius 1 is 1.28 bits per heavy atom. The van der Waals surface area contributed by atoms with E-state index in [4.69, 9.17) is 4.74 Å². The molecule has 0 aromatic heterocycles. The maximum Gasteiger partial charge on any atom is 0.246 e. The van der Waals surface area contributed by atoms with Gasteiger partial charge in [0.2, 0.25) is 5.91 Å². The SMILES string of the molecule is Cc1cccc(/C=C/C(=O)N(C)[C@H]2C[C@@]3(O)[C@@H]4Cc5ccc(O)c6c5[C@@]3(CCN4CC3CC3)[C@H]2O6)c1. The third-order valence-electron chi connectivity index (χ3n) is 9.74. The molecule has 6 nitrogen and oxygen atoms in total. The maximum atomic E-state index is 13.4. The van der Waals surface area contributed by atoms with Gasteiger partial charge >= 0.3 is 0 Å². The van der Waals surface area contributed by atoms with Gasteiger partial charge in [-0.05, 0) is 68.3 Å². The topological polar surface area (TPSA) is 73.2 Å². The van der Waals surface area contributed by atoms with Crippen LogP contribution in [0.4, 0.5) is 0 Å². The predicted molar refractivity (Wildman–Crippen MR) is 137 cm³/mol. The van der Waals surface area contributed by atoms with Crippen LogP contribution in [0.25, 0.3) is 6.08 Å². The summed E-state index contributed by atoms with van der Waals surface area (Å²) in [4.78, 5) is 17.6. The average molecular weight is 487 g/mol. The van der Waals surface area contributed by atoms with E-state index in [0.717, 1.165) is 48.5 Å². The molecule has 2 N–H and O–H groups in total. The molecule has 36 heavy (non-hydrogen) atoms. The fourth-order valence-corrected chi connectivity index (χ4v) is 7.85. The number of likely N-dealkylation sites (tertiary alicyclic amines) is 1. The molecule has 5 aliphatic rings. The molecule has 7 rings (SSSR count). The number of benzene rings is 2. The zero-order valence-corrected chi connectivity index (χ0v) is 21.0. The lowest BCUT2D eigenvalue weighted by Gasteiger charge is -2.57. The smallest absolute Gasteiger partial charge is 0.246 e. The van der Waals surface area contributed by atoms with Gasteiger partial charge in [-0.2, -0.15) is 0 Å². The summed E-state index contributed by atoms with van der Waals surface area (Å²) < 4.78 is 6.54. The van der Waals surface area contributed by atoms with E-state index in [9.17, 15) is 15.0 Å². The molecule has 1 amide bonds. The van der Waals surface area contributed by atoms with Crippen molar-refractivity contribution in [2.75, 3.05) is 20.1 Å². The van der Waals surface area contributed by atoms with E-state index in [2.05, 4.69) is 4.90 Å². The predicted octanol–water partition coefficient (Wildman–Crippen LogP) is 3.42. The number of amides is 1. The molecule has 1 saturated heterocycles. The molecular formula is C30H34N2O4. The van der Waals surface area contributed by atoms with Crippen molar-refractivity contribution in [2.45, 2.75) is 68.2 Å². The lowest BCUT2D eigenvalue weighted by Crippen LogP contribution is -2.70. The van der Waals surface area contributed by atoms with Gasteiger partial charge in [0, 0.05) is 37.7 Å². The Morgan fingerprint density at radius 2 is 2.11 bits per heavy atom. The minimum absolute atomic E-state index is 0.00252. The molecule has 2 aliphatic heterocycles. The standard InChI is InChI=1S/C30H34N2O4/c1-18-4-3-5-19(14-18)8-11-25(34)31(2)22-16-30(35)24-15-21-9-10-23(33)27-26(21)29(30,28(22)36-27)12-13-32(24)17-20-6-7-20/h3-5,8-11,14,20,22,24,28,33,35H,6-7,12-13,15-17H2,1-2H3/b11-8+/t22-,24-,28-,29-,30+/m0/s1. The lowest BCUT2D eigenvalue weighted by molar-refractivity contribution is -0.138. The Hall–Kier alpha value is -2.83. The van der Waals surface area contributed by atoms with Crippen molar-refractivity contribution < 1.29 is 19.7 Å². The molecule has 2 bridgehead atoms. The van der Waals surface area contributed by atoms with Gasteiger partial charge in [0.15, 0.2) is 11.5 Å². The molecule has 1 spiro atoms. The third-order valence-corrected chi connectivity index (χ3v) is 9.74. The van der Waals surface area contributed by atoms with Crippen molar-refractivity contribution in [3.05, 3.63) is 64.7 Å². The van der Waals surface area contributed by atoms with Crippen LogP contribution in [0.1, 0.15) is 47.9 Å². The molecule has 0 radical (unpaired) electrons. The Morgan fingerprint density at radius 3 is 2.89 bits per heavy atom. The van der Waals surface area contributed by atoms with Crippen LogP contribution < -0.4 is 4.74 Å². The number of nitrogens with zero attached hydrogens (tertiary/aromatic N) is 2. The number of carbonyl (C=O) groups excluding carboxylic acids is 1. The summed E-state index contributed by atoms with van der Waals surface area (Å²) in [5.74, 6) is 1.29. The van der Waals surface area contributed by atoms with E-state index >= 15 is 0 Å². The van der Waals surface area contributed by atoms with E-state index in [0.29, 0.717) is 12.2 Å². The van der Waals surface area contributed by atoms with Crippen LogP contribution in [-0.2, 0) is 16.6 Å². The molecule has 3 aliphatic carbocycles. The Bertz CT molecular complexity index is 1290. The summed E-state index contributed by atoms with van der Waals surface area (Å²) in [6, 6.07) is 11.5. The summed E-state index contributed by atoms with van der Waals surface area (Å²) >= 11 is 0. The number of carbonyl (C=O) groups is 1. The van der Waals surface area contributed by atoms with Gasteiger partial charge in [-0.3, -0.25) is 9.69 Å². The number of piperidine rings is 1. The molecule has 2 heterocycles. The molecule has 2 saturated carbocycles. The van der Waals surface area contributed by atoms with Crippen LogP contribution >= 0.6 is 0 Å². The highest BCUT2D eigenvalue weighted by Gasteiger charge is 2.76. The number of likely N-dealkylation sites (N-methyl/N-ethyl adjacent to an activating group) is 1. The number of aliphatic hydroxyl groups is 1. The second kappa shape index (κ2) is 7.59. The Kier molecular flexibility index (Phi) is 4.72. The highest BCUT2D eigenvalue weighted by atomic mass is 16.5. The van der Waals surface area contributed by atoms with Gasteiger partial charge in [0.25, 0.3) is 0 Å². The monoisotopic (exact) mass is 486 g/mol. The van der Waals surface area contributed by atoms with Crippen LogP contribution in [0.2, 0.25) is 0 Å². The molecule has 2 aromatic rings. The normalized spacial score (nSPS) is 34.0. The Labute approximate surface area is 212 Å². The fourth-order valence-electron chi connectivity index (χ4n) is 7.85. The number of rotatable bonds is 5. The Balaban J connectivity index is 1.26. The number of hydrogen-bond acceptors (Lipinski definition) is 5. The quantitative estimate of drug-likeness (QED) is 0.634. The molecule has 0 unspecified atom stereocenters. The van der Waals surface area contributed by atoms with Crippen molar-refractivity contribution in [3.63, 3.8) is 0 Å². The van der Waals surface area contributed by atoms with Crippen molar-refractivity contribution >= 4 is 12.0 Å². The molecule has 2 aromatic carbocycles. The number of aromatic hydroxyl groups is 1. The van der Waals surface area contributed by atoms with E-state index in [-0.39, 0.29) is 29.8 Å². The second-order valence-corrected chi connectivity index (χ2v) is 11.8. The summed E-state index contributed by atoms with van der Waals surface area (Å²) in [5, 5.41) is 23.3. The second-order valence-electron chi connectivity index (χ2n) is 11.8. The highest BCUT2D eigenvalue weighted by Crippen LogP contribution is 2.67. The summed E-state index contributed by atoms with van der Waals surface area (Å²) in [6.45, 7) is 3.98. The fraction of sp³-hybridized carbons (Fsp3) is 0.500. The first-order valence-electron chi connectivity index (χ1n) is 13.3. The molecule has 5 atom stereocenters. The van der Waals surface area contributed by atoms with Crippen LogP contribution in [0.3, 0.4) is 0 Å². The number of aryl methyl sites for hydroxylation is 1. The van der Waals surface area contributed by atoms with Crippen LogP contribution in [0.5, 0.6) is 11.5 Å². The van der Waals surface area contributed by atoms with Crippen molar-refractivity contribution in [1.82, 2.24) is 9.80 Å². The average Bonchev–Trinajstić information content (AvgIpc) is 3.53. The number of phenolic OH excluding ortho intramolecular Hbond substituents is 1. The van der Waals surface area contributed by atoms with Gasteiger partial charge in [0.05, 0.1) is 17.1 Å². The first kappa shape index (κ1) is 22.4. The zero-order chi connectivity index (χ0) is 24.8. The number of phenols is 1. The summed E-state index contributed by atoms with van der Waals surface area (Å²) in [7, 11) is 1.82. The van der Waals surface area contributed by atoms with Crippen molar-refractivity contribution in [2.24, 2.45) is 5.92 Å². The summed E-state index contributed by atoms with van der Waals surface area (Å²) in [6.07, 6.45) is 7.66. The first-order valence-corrected chi connectivity index (χ1v) is 13.3. The van der Waals surface area contributed by atoms with Gasteiger partial charge in [0.1, 0.15) is 6.10 Å².